The van der Waals surface area contributed by atoms with Gasteiger partial charge < -0.3 is 4.74 Å². The smallest absolute Gasteiger partial charge is 0.120 e. The highest BCUT2D eigenvalue weighted by atomic mass is 79.9. The molecule has 0 N–H and O–H groups in total. The van der Waals surface area contributed by atoms with Crippen molar-refractivity contribution in [3.63, 3.8) is 0 Å². The van der Waals surface area contributed by atoms with Crippen LogP contribution < -0.4 is 4.74 Å². The van der Waals surface area contributed by atoms with E-state index in [0.29, 0.717) is 10.1 Å². The minimum atomic E-state index is -0.706. The predicted octanol–water partition coefficient (Wildman–Crippen LogP) is 4.75. The van der Waals surface area contributed by atoms with E-state index >= 15 is 0 Å². The molecule has 1 aromatic rings. The lowest BCUT2D eigenvalue weighted by Crippen LogP contribution is -2.27. The summed E-state index contributed by atoms with van der Waals surface area (Å²) in [5, 5.41) is 1.02. The lowest BCUT2D eigenvalue weighted by molar-refractivity contribution is 0.276. The second-order valence-corrected chi connectivity index (χ2v) is 10.1. The average molecular weight is 322 g/mol. The molecule has 16 heavy (non-hydrogen) atoms. The third-order valence-electron chi connectivity index (χ3n) is 3.06. The zero-order valence-electron chi connectivity index (χ0n) is 10.2. The topological polar surface area (TPSA) is 9.23 Å². The van der Waals surface area contributed by atoms with E-state index < -0.39 is 8.80 Å². The molecule has 0 aliphatic heterocycles. The van der Waals surface area contributed by atoms with Gasteiger partial charge in [0.25, 0.3) is 0 Å². The van der Waals surface area contributed by atoms with Crippen molar-refractivity contribution in [2.75, 3.05) is 6.61 Å². The Hall–Kier alpha value is 0.00688. The van der Waals surface area contributed by atoms with Crippen LogP contribution in [0.1, 0.15) is 13.8 Å². The van der Waals surface area contributed by atoms with Gasteiger partial charge in [-0.25, -0.2) is 0 Å². The molecule has 0 aliphatic carbocycles. The molecular formula is C12H18BrClOSi. The van der Waals surface area contributed by atoms with Crippen LogP contribution in [0.15, 0.2) is 22.7 Å². The fourth-order valence-corrected chi connectivity index (χ4v) is 1.89. The highest BCUT2D eigenvalue weighted by Gasteiger charge is 2.24. The van der Waals surface area contributed by atoms with Crippen molar-refractivity contribution in [1.29, 1.82) is 0 Å². The summed E-state index contributed by atoms with van der Waals surface area (Å²) in [6, 6.07) is 5.67. The lowest BCUT2D eigenvalue weighted by atomic mass is 10.2. The van der Waals surface area contributed by atoms with E-state index in [1.54, 1.807) is 0 Å². The highest BCUT2D eigenvalue weighted by molar-refractivity contribution is 9.10. The monoisotopic (exact) mass is 320 g/mol. The van der Waals surface area contributed by atoms with Crippen LogP contribution in [0.25, 0.3) is 0 Å². The van der Waals surface area contributed by atoms with Gasteiger partial charge in [0.2, 0.25) is 0 Å². The molecule has 0 amide bonds. The first-order valence-electron chi connectivity index (χ1n) is 5.41. The molecule has 0 saturated heterocycles. The van der Waals surface area contributed by atoms with E-state index in [2.05, 4.69) is 42.9 Å². The maximum atomic E-state index is 5.93. The summed E-state index contributed by atoms with van der Waals surface area (Å²) in [6.07, 6.45) is 0. The van der Waals surface area contributed by atoms with Crippen LogP contribution in [0.4, 0.5) is 0 Å². The third-order valence-corrected chi connectivity index (χ3v) is 7.57. The number of rotatable bonds is 4. The van der Waals surface area contributed by atoms with Gasteiger partial charge in [-0.3, -0.25) is 0 Å². The number of halogens is 2. The van der Waals surface area contributed by atoms with Crippen molar-refractivity contribution < 1.29 is 4.74 Å². The van der Waals surface area contributed by atoms with Gasteiger partial charge in [-0.1, -0.05) is 38.5 Å². The molecule has 0 aromatic heterocycles. The van der Waals surface area contributed by atoms with Gasteiger partial charge in [-0.05, 0) is 39.2 Å². The average Bonchev–Trinajstić information content (AvgIpc) is 2.20. The summed E-state index contributed by atoms with van der Waals surface area (Å²) in [7, 11) is -0.706. The van der Waals surface area contributed by atoms with E-state index in [0.717, 1.165) is 16.8 Å². The number of hydrogen-bond acceptors (Lipinski definition) is 1. The fourth-order valence-electron chi connectivity index (χ4n) is 1.00. The maximum Gasteiger partial charge on any atom is 0.120 e. The number of ether oxygens (including phenoxy) is 1. The maximum absolute atomic E-state index is 5.93. The minimum Gasteiger partial charge on any atom is -0.493 e. The van der Waals surface area contributed by atoms with Crippen LogP contribution in [0.2, 0.25) is 23.2 Å². The molecule has 0 saturated carbocycles. The molecule has 0 fully saturated rings. The molecule has 1 aromatic carbocycles. The van der Waals surface area contributed by atoms with Gasteiger partial charge in [-0.15, -0.1) is 0 Å². The first-order chi connectivity index (χ1) is 7.33. The third kappa shape index (κ3) is 3.79. The largest absolute Gasteiger partial charge is 0.493 e. The molecule has 0 unspecified atom stereocenters. The van der Waals surface area contributed by atoms with Crippen molar-refractivity contribution in [2.45, 2.75) is 32.0 Å². The number of hydrogen-bond donors (Lipinski definition) is 0. The van der Waals surface area contributed by atoms with Crippen LogP contribution in [0.3, 0.4) is 0 Å². The Morgan fingerprint density at radius 3 is 2.50 bits per heavy atom. The van der Waals surface area contributed by atoms with Crippen LogP contribution in [-0.2, 0) is 0 Å². The molecule has 0 heterocycles. The molecule has 1 nitrogen and oxygen atoms in total. The minimum absolute atomic E-state index is 0.312. The Kier molecular flexibility index (Phi) is 4.89. The second-order valence-electron chi connectivity index (χ2n) is 5.01. The van der Waals surface area contributed by atoms with Crippen LogP contribution >= 0.6 is 27.5 Å². The number of benzene rings is 1. The second kappa shape index (κ2) is 5.56. The Labute approximate surface area is 113 Å². The Balaban J connectivity index is 2.65. The van der Waals surface area contributed by atoms with Crippen LogP contribution in [-0.4, -0.2) is 15.4 Å². The van der Waals surface area contributed by atoms with Crippen molar-refractivity contribution in [3.8, 4) is 5.75 Å². The highest BCUT2D eigenvalue weighted by Crippen LogP contribution is 2.31. The summed E-state index contributed by atoms with van der Waals surface area (Å²) in [4.78, 5) is 0. The molecule has 0 radical (unpaired) electrons. The summed E-state index contributed by atoms with van der Waals surface area (Å²) in [6.45, 7) is 10.0. The Morgan fingerprint density at radius 1 is 1.38 bits per heavy atom. The predicted molar refractivity (Wildman–Crippen MR) is 77.6 cm³/mol. The van der Waals surface area contributed by atoms with Gasteiger partial charge in [-0.2, -0.15) is 0 Å². The van der Waals surface area contributed by atoms with Crippen LogP contribution in [0.5, 0.6) is 5.75 Å². The normalized spacial score (nSPS) is 11.9. The van der Waals surface area contributed by atoms with E-state index in [9.17, 15) is 0 Å². The van der Waals surface area contributed by atoms with Gasteiger partial charge in [0, 0.05) is 13.3 Å². The first kappa shape index (κ1) is 14.1. The molecule has 0 atom stereocenters. The van der Waals surface area contributed by atoms with Gasteiger partial charge in [0.1, 0.15) is 5.75 Å². The summed E-state index contributed by atoms with van der Waals surface area (Å²) in [5.74, 6) is 0.874. The van der Waals surface area contributed by atoms with Gasteiger partial charge in [0.05, 0.1) is 11.6 Å². The summed E-state index contributed by atoms with van der Waals surface area (Å²) in [5.41, 5.74) is 0. The quantitative estimate of drug-likeness (QED) is 0.727. The molecule has 4 heteroatoms. The molecule has 0 aliphatic rings. The molecular weight excluding hydrogens is 304 g/mol. The van der Waals surface area contributed by atoms with Gasteiger partial charge in [0.15, 0.2) is 0 Å². The van der Waals surface area contributed by atoms with Crippen molar-refractivity contribution in [2.24, 2.45) is 0 Å². The van der Waals surface area contributed by atoms with Gasteiger partial charge >= 0.3 is 0 Å². The molecule has 0 spiro atoms. The molecule has 0 bridgehead atoms. The summed E-state index contributed by atoms with van der Waals surface area (Å²) < 4.78 is 6.69. The SMILES string of the molecule is C[SiH](C)C(C)(C)COc1ccc(Cl)c(Br)c1. The zero-order valence-corrected chi connectivity index (χ0v) is 13.7. The first-order valence-corrected chi connectivity index (χ1v) is 9.46. The summed E-state index contributed by atoms with van der Waals surface area (Å²) >= 11 is 9.32. The molecule has 1 rings (SSSR count). The van der Waals surface area contributed by atoms with E-state index in [1.165, 1.54) is 0 Å². The Morgan fingerprint density at radius 2 is 2.00 bits per heavy atom. The van der Waals surface area contributed by atoms with Crippen molar-refractivity contribution in [3.05, 3.63) is 27.7 Å². The van der Waals surface area contributed by atoms with Crippen molar-refractivity contribution >= 4 is 36.3 Å². The van der Waals surface area contributed by atoms with Crippen LogP contribution in [0, 0.1) is 0 Å². The molecule has 90 valence electrons. The van der Waals surface area contributed by atoms with E-state index in [4.69, 9.17) is 16.3 Å². The zero-order chi connectivity index (χ0) is 12.3. The fraction of sp³-hybridized carbons (Fsp3) is 0.500. The standard InChI is InChI=1S/C12H18BrClOSi/c1-12(2,16(3)4)8-15-9-5-6-11(14)10(13)7-9/h5-7,16H,8H2,1-4H3. The van der Waals surface area contributed by atoms with E-state index in [-0.39, 0.29) is 0 Å². The Bertz CT molecular complexity index is 366. The van der Waals surface area contributed by atoms with E-state index in [1.807, 2.05) is 18.2 Å². The lowest BCUT2D eigenvalue weighted by Gasteiger charge is -2.28. The van der Waals surface area contributed by atoms with Crippen molar-refractivity contribution in [1.82, 2.24) is 0 Å².